The van der Waals surface area contributed by atoms with Crippen molar-refractivity contribution in [3.05, 3.63) is 77.4 Å². The van der Waals surface area contributed by atoms with E-state index in [-0.39, 0.29) is 23.7 Å². The van der Waals surface area contributed by atoms with Crippen molar-refractivity contribution < 1.29 is 14.7 Å². The van der Waals surface area contributed by atoms with Crippen molar-refractivity contribution in [1.82, 2.24) is 10.2 Å². The van der Waals surface area contributed by atoms with E-state index in [4.69, 9.17) is 5.11 Å². The molecule has 27 heavy (non-hydrogen) atoms. The third-order valence-corrected chi connectivity index (χ3v) is 5.42. The highest BCUT2D eigenvalue weighted by molar-refractivity contribution is 5.87. The van der Waals surface area contributed by atoms with Crippen LogP contribution in [-0.2, 0) is 6.54 Å². The molecule has 5 heteroatoms. The van der Waals surface area contributed by atoms with Crippen LogP contribution in [0.1, 0.15) is 40.7 Å². The Bertz CT molecular complexity index is 874. The summed E-state index contributed by atoms with van der Waals surface area (Å²) in [6.45, 7) is 0.393. The summed E-state index contributed by atoms with van der Waals surface area (Å²) in [5, 5.41) is 11.9. The van der Waals surface area contributed by atoms with Crippen LogP contribution in [0, 0.1) is 0 Å². The highest BCUT2D eigenvalue weighted by Gasteiger charge is 2.39. The van der Waals surface area contributed by atoms with Gasteiger partial charge >= 0.3 is 12.0 Å². The first-order valence-electron chi connectivity index (χ1n) is 9.26. The van der Waals surface area contributed by atoms with Crippen molar-refractivity contribution in [2.75, 3.05) is 0 Å². The van der Waals surface area contributed by atoms with Gasteiger partial charge in [-0.25, -0.2) is 9.59 Å². The van der Waals surface area contributed by atoms with Crippen LogP contribution in [-0.4, -0.2) is 34.1 Å². The minimum atomic E-state index is -0.948. The average molecular weight is 362 g/mol. The summed E-state index contributed by atoms with van der Waals surface area (Å²) in [6, 6.07) is 17.3. The largest absolute Gasteiger partial charge is 0.478 e. The number of hydrogen-bond acceptors (Lipinski definition) is 2. The van der Waals surface area contributed by atoms with Gasteiger partial charge < -0.3 is 15.3 Å². The molecule has 2 amide bonds. The Hall–Kier alpha value is -3.08. The lowest BCUT2D eigenvalue weighted by molar-refractivity contribution is 0.0697. The number of hydrogen-bond donors (Lipinski definition) is 2. The maximum atomic E-state index is 12.7. The predicted molar refractivity (Wildman–Crippen MR) is 103 cm³/mol. The Balaban J connectivity index is 1.41. The van der Waals surface area contributed by atoms with E-state index in [1.54, 1.807) is 24.3 Å². The van der Waals surface area contributed by atoms with Crippen molar-refractivity contribution in [3.63, 3.8) is 0 Å². The van der Waals surface area contributed by atoms with Gasteiger partial charge in [0.25, 0.3) is 0 Å². The summed E-state index contributed by atoms with van der Waals surface area (Å²) in [7, 11) is 0. The number of urea groups is 1. The van der Waals surface area contributed by atoms with Gasteiger partial charge in [0.05, 0.1) is 11.6 Å². The number of amides is 2. The Morgan fingerprint density at radius 1 is 1.04 bits per heavy atom. The Morgan fingerprint density at radius 3 is 2.44 bits per heavy atom. The molecule has 5 nitrogen and oxygen atoms in total. The second-order valence-corrected chi connectivity index (χ2v) is 7.13. The van der Waals surface area contributed by atoms with Crippen molar-refractivity contribution in [2.24, 2.45) is 0 Å². The quantitative estimate of drug-likeness (QED) is 0.866. The molecular formula is C22H22N2O3. The monoisotopic (exact) mass is 362 g/mol. The Kier molecular flexibility index (Phi) is 4.67. The molecule has 2 heterocycles. The molecule has 138 valence electrons. The lowest BCUT2D eigenvalue weighted by Gasteiger charge is -2.34. The number of fused-ring (bicyclic) bond motifs is 2. The maximum Gasteiger partial charge on any atom is 0.335 e. The van der Waals surface area contributed by atoms with Gasteiger partial charge in [0, 0.05) is 12.6 Å². The standard InChI is InChI=1S/C22H22N2O3/c25-21(26)17-8-6-15(7-9-17)14-23-22(27)24-19-10-11-20(24)13-18(12-19)16-4-2-1-3-5-16/h1-9,12,19-20H,10-11,13-14H2,(H,23,27)(H,25,26). The number of carboxylic acids is 1. The summed E-state index contributed by atoms with van der Waals surface area (Å²) in [5.74, 6) is -0.948. The SMILES string of the molecule is O=C(O)c1ccc(CNC(=O)N2C3C=C(c4ccccc4)CC2CC3)cc1. The van der Waals surface area contributed by atoms with Gasteiger partial charge in [0.1, 0.15) is 0 Å². The number of nitrogens with zero attached hydrogens (tertiary/aromatic N) is 1. The molecule has 0 radical (unpaired) electrons. The van der Waals surface area contributed by atoms with E-state index < -0.39 is 5.97 Å². The molecule has 0 aromatic heterocycles. The van der Waals surface area contributed by atoms with E-state index in [0.717, 1.165) is 24.8 Å². The molecule has 2 bridgehead atoms. The molecule has 2 aromatic carbocycles. The molecule has 0 aliphatic carbocycles. The van der Waals surface area contributed by atoms with Gasteiger partial charge in [-0.1, -0.05) is 48.5 Å². The number of benzene rings is 2. The van der Waals surface area contributed by atoms with E-state index >= 15 is 0 Å². The number of rotatable bonds is 4. The summed E-state index contributed by atoms with van der Waals surface area (Å²) < 4.78 is 0. The normalized spacial score (nSPS) is 20.9. The molecule has 0 saturated carbocycles. The Labute approximate surface area is 158 Å². The number of carboxylic acid groups (broad SMARTS) is 1. The van der Waals surface area contributed by atoms with Crippen molar-refractivity contribution >= 4 is 17.6 Å². The van der Waals surface area contributed by atoms with E-state index in [2.05, 4.69) is 23.5 Å². The molecule has 2 N–H and O–H groups in total. The molecule has 0 spiro atoms. The van der Waals surface area contributed by atoms with Crippen LogP contribution < -0.4 is 5.32 Å². The minimum absolute atomic E-state index is 0.0480. The lowest BCUT2D eigenvalue weighted by atomic mass is 9.95. The predicted octanol–water partition coefficient (Wildman–Crippen LogP) is 3.91. The maximum absolute atomic E-state index is 12.7. The van der Waals surface area contributed by atoms with E-state index in [0.29, 0.717) is 6.54 Å². The third kappa shape index (κ3) is 3.58. The second kappa shape index (κ2) is 7.27. The van der Waals surface area contributed by atoms with Crippen LogP contribution in [0.4, 0.5) is 4.79 Å². The third-order valence-electron chi connectivity index (χ3n) is 5.42. The second-order valence-electron chi connectivity index (χ2n) is 7.13. The van der Waals surface area contributed by atoms with E-state index in [9.17, 15) is 9.59 Å². The molecule has 2 unspecified atom stereocenters. The molecule has 2 aliphatic rings. The summed E-state index contributed by atoms with van der Waals surface area (Å²) >= 11 is 0. The summed E-state index contributed by atoms with van der Waals surface area (Å²) in [5.41, 5.74) is 3.71. The van der Waals surface area contributed by atoms with Crippen LogP contribution in [0.25, 0.3) is 5.57 Å². The van der Waals surface area contributed by atoms with Gasteiger partial charge in [-0.3, -0.25) is 0 Å². The fraction of sp³-hybridized carbons (Fsp3) is 0.273. The van der Waals surface area contributed by atoms with Crippen molar-refractivity contribution in [1.29, 1.82) is 0 Å². The van der Waals surface area contributed by atoms with Crippen LogP contribution >= 0.6 is 0 Å². The first kappa shape index (κ1) is 17.3. The molecule has 1 saturated heterocycles. The topological polar surface area (TPSA) is 69.6 Å². The minimum Gasteiger partial charge on any atom is -0.478 e. The Morgan fingerprint density at radius 2 is 1.78 bits per heavy atom. The van der Waals surface area contributed by atoms with E-state index in [1.807, 2.05) is 23.1 Å². The molecule has 4 rings (SSSR count). The van der Waals surface area contributed by atoms with Gasteiger partial charge in [-0.15, -0.1) is 0 Å². The zero-order chi connectivity index (χ0) is 18.8. The van der Waals surface area contributed by atoms with E-state index in [1.165, 1.54) is 11.1 Å². The van der Waals surface area contributed by atoms with Gasteiger partial charge in [0.15, 0.2) is 0 Å². The van der Waals surface area contributed by atoms with Crippen LogP contribution in [0.3, 0.4) is 0 Å². The van der Waals surface area contributed by atoms with Crippen LogP contribution in [0.5, 0.6) is 0 Å². The fourth-order valence-electron chi connectivity index (χ4n) is 4.05. The number of carbonyl (C=O) groups excluding carboxylic acids is 1. The lowest BCUT2D eigenvalue weighted by Crippen LogP contribution is -2.48. The number of aromatic carboxylic acids is 1. The molecule has 1 fully saturated rings. The van der Waals surface area contributed by atoms with Gasteiger partial charge in [-0.05, 0) is 48.1 Å². The number of carbonyl (C=O) groups is 2. The van der Waals surface area contributed by atoms with Crippen LogP contribution in [0.15, 0.2) is 60.7 Å². The average Bonchev–Trinajstić information content (AvgIpc) is 2.96. The van der Waals surface area contributed by atoms with Gasteiger partial charge in [-0.2, -0.15) is 0 Å². The molecule has 2 aliphatic heterocycles. The van der Waals surface area contributed by atoms with Crippen molar-refractivity contribution in [2.45, 2.75) is 37.9 Å². The molecule has 2 atom stereocenters. The zero-order valence-corrected chi connectivity index (χ0v) is 15.0. The smallest absolute Gasteiger partial charge is 0.335 e. The summed E-state index contributed by atoms with van der Waals surface area (Å²) in [6.07, 6.45) is 5.15. The number of nitrogens with one attached hydrogen (secondary N) is 1. The highest BCUT2D eigenvalue weighted by atomic mass is 16.4. The summed E-state index contributed by atoms with van der Waals surface area (Å²) in [4.78, 5) is 25.6. The molecular weight excluding hydrogens is 340 g/mol. The van der Waals surface area contributed by atoms with Gasteiger partial charge in [0.2, 0.25) is 0 Å². The first-order chi connectivity index (χ1) is 13.1. The molecule has 2 aromatic rings. The zero-order valence-electron chi connectivity index (χ0n) is 15.0. The van der Waals surface area contributed by atoms with Crippen molar-refractivity contribution in [3.8, 4) is 0 Å². The highest BCUT2D eigenvalue weighted by Crippen LogP contribution is 2.38. The first-order valence-corrected chi connectivity index (χ1v) is 9.26. The fourth-order valence-corrected chi connectivity index (χ4v) is 4.05. The van der Waals surface area contributed by atoms with Crippen LogP contribution in [0.2, 0.25) is 0 Å².